The maximum atomic E-state index is 14.0. The smallest absolute Gasteiger partial charge is 0.254 e. The zero-order valence-corrected chi connectivity index (χ0v) is 15.9. The van der Waals surface area contributed by atoms with Gasteiger partial charge in [-0.2, -0.15) is 0 Å². The Morgan fingerprint density at radius 2 is 2.00 bits per heavy atom. The van der Waals surface area contributed by atoms with Crippen molar-refractivity contribution < 1.29 is 23.0 Å². The van der Waals surface area contributed by atoms with Gasteiger partial charge in [0.2, 0.25) is 0 Å². The van der Waals surface area contributed by atoms with E-state index in [9.17, 15) is 13.6 Å². The van der Waals surface area contributed by atoms with E-state index in [-0.39, 0.29) is 29.1 Å². The second-order valence-electron chi connectivity index (χ2n) is 6.32. The van der Waals surface area contributed by atoms with Crippen molar-refractivity contribution >= 4 is 17.5 Å². The molecule has 0 aromatic heterocycles. The lowest BCUT2D eigenvalue weighted by Gasteiger charge is -2.24. The number of hydrogen-bond donors (Lipinski definition) is 0. The first-order valence-corrected chi connectivity index (χ1v) is 9.07. The van der Waals surface area contributed by atoms with Crippen LogP contribution in [0.4, 0.5) is 8.78 Å². The summed E-state index contributed by atoms with van der Waals surface area (Å²) in [6, 6.07) is 6.48. The molecule has 2 aromatic rings. The molecule has 27 heavy (non-hydrogen) atoms. The lowest BCUT2D eigenvalue weighted by atomic mass is 10.1. The number of hydrogen-bond acceptors (Lipinski definition) is 3. The van der Waals surface area contributed by atoms with E-state index in [1.165, 1.54) is 25.3 Å². The van der Waals surface area contributed by atoms with E-state index in [0.29, 0.717) is 23.7 Å². The van der Waals surface area contributed by atoms with Gasteiger partial charge >= 0.3 is 0 Å². The Labute approximate surface area is 161 Å². The maximum absolute atomic E-state index is 14.0. The number of benzene rings is 2. The molecule has 1 saturated carbocycles. The zero-order valence-electron chi connectivity index (χ0n) is 15.1. The molecule has 1 aliphatic carbocycles. The molecular weight excluding hydrogens is 376 g/mol. The molecule has 0 spiro atoms. The fraction of sp³-hybridized carbons (Fsp3) is 0.350. The molecule has 1 amide bonds. The van der Waals surface area contributed by atoms with Gasteiger partial charge in [0.25, 0.3) is 5.91 Å². The Morgan fingerprint density at radius 3 is 2.59 bits per heavy atom. The van der Waals surface area contributed by atoms with Crippen molar-refractivity contribution in [3.63, 3.8) is 0 Å². The molecule has 0 radical (unpaired) electrons. The molecule has 0 N–H and O–H groups in total. The van der Waals surface area contributed by atoms with Crippen molar-refractivity contribution in [1.29, 1.82) is 0 Å². The summed E-state index contributed by atoms with van der Waals surface area (Å²) in [7, 11) is 1.47. The molecule has 4 nitrogen and oxygen atoms in total. The predicted molar refractivity (Wildman–Crippen MR) is 98.4 cm³/mol. The number of ether oxygens (including phenoxy) is 2. The van der Waals surface area contributed by atoms with E-state index < -0.39 is 11.6 Å². The fourth-order valence-corrected chi connectivity index (χ4v) is 3.15. The molecule has 1 fully saturated rings. The van der Waals surface area contributed by atoms with Gasteiger partial charge in [0.15, 0.2) is 11.5 Å². The first-order chi connectivity index (χ1) is 12.9. The average Bonchev–Trinajstić information content (AvgIpc) is 3.47. The van der Waals surface area contributed by atoms with Crippen molar-refractivity contribution in [3.05, 3.63) is 58.1 Å². The zero-order chi connectivity index (χ0) is 19.6. The molecule has 0 aliphatic heterocycles. The molecule has 0 atom stereocenters. The molecule has 144 valence electrons. The SMILES string of the molecule is CCOc1c(Cl)cc(C(=O)N(Cc2ccc(F)cc2F)C2CC2)cc1OC. The number of nitrogens with zero attached hydrogens (tertiary/aromatic N) is 1. The Morgan fingerprint density at radius 1 is 1.26 bits per heavy atom. The highest BCUT2D eigenvalue weighted by atomic mass is 35.5. The lowest BCUT2D eigenvalue weighted by Crippen LogP contribution is -2.33. The van der Waals surface area contributed by atoms with E-state index >= 15 is 0 Å². The van der Waals surface area contributed by atoms with Gasteiger partial charge in [-0.25, -0.2) is 8.78 Å². The third kappa shape index (κ3) is 4.33. The van der Waals surface area contributed by atoms with Gasteiger partial charge in [-0.3, -0.25) is 4.79 Å². The first-order valence-electron chi connectivity index (χ1n) is 8.69. The summed E-state index contributed by atoms with van der Waals surface area (Å²) in [6.45, 7) is 2.28. The third-order valence-corrected chi connectivity index (χ3v) is 4.65. The number of rotatable bonds is 7. The van der Waals surface area contributed by atoms with Crippen LogP contribution in [0.15, 0.2) is 30.3 Å². The molecule has 0 heterocycles. The Bertz CT molecular complexity index is 855. The number of amides is 1. The lowest BCUT2D eigenvalue weighted by molar-refractivity contribution is 0.0728. The van der Waals surface area contributed by atoms with Gasteiger partial charge in [0.1, 0.15) is 11.6 Å². The summed E-state index contributed by atoms with van der Waals surface area (Å²) in [5.74, 6) is -0.874. The summed E-state index contributed by atoms with van der Waals surface area (Å²) in [6.07, 6.45) is 1.69. The molecule has 0 saturated heterocycles. The minimum absolute atomic E-state index is 0.0262. The number of carbonyl (C=O) groups is 1. The van der Waals surface area contributed by atoms with Crippen LogP contribution in [0.2, 0.25) is 5.02 Å². The van der Waals surface area contributed by atoms with Crippen LogP contribution in [0, 0.1) is 11.6 Å². The largest absolute Gasteiger partial charge is 0.493 e. The van der Waals surface area contributed by atoms with Crippen LogP contribution < -0.4 is 9.47 Å². The third-order valence-electron chi connectivity index (χ3n) is 4.37. The fourth-order valence-electron chi connectivity index (χ4n) is 2.88. The maximum Gasteiger partial charge on any atom is 0.254 e. The molecule has 2 aromatic carbocycles. The average molecular weight is 396 g/mol. The summed E-state index contributed by atoms with van der Waals surface area (Å²) in [4.78, 5) is 14.7. The van der Waals surface area contributed by atoms with Gasteiger partial charge in [0.05, 0.1) is 18.7 Å². The van der Waals surface area contributed by atoms with Gasteiger partial charge in [0, 0.05) is 29.8 Å². The summed E-state index contributed by atoms with van der Waals surface area (Å²) >= 11 is 6.26. The minimum Gasteiger partial charge on any atom is -0.493 e. The summed E-state index contributed by atoms with van der Waals surface area (Å²) < 4.78 is 38.0. The first kappa shape index (κ1) is 19.4. The van der Waals surface area contributed by atoms with Crippen molar-refractivity contribution in [2.45, 2.75) is 32.4 Å². The summed E-state index contributed by atoms with van der Waals surface area (Å²) in [5.41, 5.74) is 0.593. The van der Waals surface area contributed by atoms with Crippen molar-refractivity contribution in [2.24, 2.45) is 0 Å². The Hall–Kier alpha value is -2.34. The van der Waals surface area contributed by atoms with Crippen LogP contribution in [0.1, 0.15) is 35.7 Å². The molecule has 0 bridgehead atoms. The second-order valence-corrected chi connectivity index (χ2v) is 6.73. The van der Waals surface area contributed by atoms with Crippen LogP contribution in [0.3, 0.4) is 0 Å². The van der Waals surface area contributed by atoms with Crippen LogP contribution in [-0.4, -0.2) is 30.6 Å². The molecule has 7 heteroatoms. The normalized spacial score (nSPS) is 13.4. The minimum atomic E-state index is -0.671. The van der Waals surface area contributed by atoms with Crippen LogP contribution in [-0.2, 0) is 6.54 Å². The highest BCUT2D eigenvalue weighted by Gasteiger charge is 2.34. The number of methoxy groups -OCH3 is 1. The quantitative estimate of drug-likeness (QED) is 0.674. The highest BCUT2D eigenvalue weighted by molar-refractivity contribution is 6.32. The van der Waals surface area contributed by atoms with Crippen LogP contribution in [0.5, 0.6) is 11.5 Å². The standard InChI is InChI=1S/C20H20ClF2NO3/c1-3-27-19-16(21)8-13(9-18(19)26-2)20(25)24(15-6-7-15)11-12-4-5-14(22)10-17(12)23/h4-5,8-10,15H,3,6-7,11H2,1-2H3. The highest BCUT2D eigenvalue weighted by Crippen LogP contribution is 2.38. The van der Waals surface area contributed by atoms with Crippen LogP contribution in [0.25, 0.3) is 0 Å². The van der Waals surface area contributed by atoms with Gasteiger partial charge in [-0.05, 0) is 38.0 Å². The summed E-state index contributed by atoms with van der Waals surface area (Å²) in [5, 5.41) is 0.267. The molecule has 3 rings (SSSR count). The van der Waals surface area contributed by atoms with Gasteiger partial charge in [-0.1, -0.05) is 17.7 Å². The van der Waals surface area contributed by atoms with Crippen molar-refractivity contribution in [2.75, 3.05) is 13.7 Å². The number of halogens is 3. The van der Waals surface area contributed by atoms with Gasteiger partial charge < -0.3 is 14.4 Å². The van der Waals surface area contributed by atoms with E-state index in [1.807, 2.05) is 6.92 Å². The molecule has 0 unspecified atom stereocenters. The number of carbonyl (C=O) groups excluding carboxylic acids is 1. The molecule has 1 aliphatic rings. The van der Waals surface area contributed by atoms with Crippen LogP contribution >= 0.6 is 11.6 Å². The van der Waals surface area contributed by atoms with E-state index in [1.54, 1.807) is 11.0 Å². The van der Waals surface area contributed by atoms with Gasteiger partial charge in [-0.15, -0.1) is 0 Å². The van der Waals surface area contributed by atoms with Crippen molar-refractivity contribution in [1.82, 2.24) is 4.90 Å². The topological polar surface area (TPSA) is 38.8 Å². The Kier molecular flexibility index (Phi) is 5.85. The van der Waals surface area contributed by atoms with E-state index in [4.69, 9.17) is 21.1 Å². The van der Waals surface area contributed by atoms with E-state index in [2.05, 4.69) is 0 Å². The van der Waals surface area contributed by atoms with E-state index in [0.717, 1.165) is 18.9 Å². The Balaban J connectivity index is 1.90. The second kappa shape index (κ2) is 8.13. The molecular formula is C20H20ClF2NO3. The van der Waals surface area contributed by atoms with Crippen molar-refractivity contribution in [3.8, 4) is 11.5 Å². The predicted octanol–water partition coefficient (Wildman–Crippen LogP) is 4.83. The monoisotopic (exact) mass is 395 g/mol.